The molecule has 0 amide bonds. The van der Waals surface area contributed by atoms with Crippen molar-refractivity contribution in [3.63, 3.8) is 0 Å². The smallest absolute Gasteiger partial charge is 0.203 e. The van der Waals surface area contributed by atoms with Gasteiger partial charge in [0.15, 0.2) is 23.1 Å². The van der Waals surface area contributed by atoms with Gasteiger partial charge in [0.1, 0.15) is 5.75 Å². The predicted octanol–water partition coefficient (Wildman–Crippen LogP) is 26.6. The molecule has 0 saturated carbocycles. The van der Waals surface area contributed by atoms with Gasteiger partial charge in [-0.3, -0.25) is 9.59 Å². The molecule has 0 saturated heterocycles. The molecule has 492 valence electrons. The van der Waals surface area contributed by atoms with Crippen LogP contribution in [0.25, 0.3) is 0 Å². The Bertz CT molecular complexity index is 1680. The SMILES string of the molecule is CCCCCCCCCCCCCCCCOc1ccc(C(=O)CC(=O)c2cc(OCCCCCCCCCCCCCCCC)c(OCCCCCCCCCCCCCCCC)c(OCCCCCCCCCCCCCCCC)c2)cc1. The fourth-order valence-corrected chi connectivity index (χ4v) is 12.1. The molecule has 0 fully saturated rings. The summed E-state index contributed by atoms with van der Waals surface area (Å²) < 4.78 is 26.0. The van der Waals surface area contributed by atoms with Crippen LogP contribution in [0.3, 0.4) is 0 Å². The highest BCUT2D eigenvalue weighted by atomic mass is 16.5. The van der Waals surface area contributed by atoms with Gasteiger partial charge in [0.05, 0.1) is 32.8 Å². The number of ketones is 2. The second-order valence-electron chi connectivity index (χ2n) is 26.1. The zero-order valence-electron chi connectivity index (χ0n) is 57.0. The van der Waals surface area contributed by atoms with E-state index in [1.807, 2.05) is 24.3 Å². The van der Waals surface area contributed by atoms with Gasteiger partial charge in [-0.05, 0) is 62.1 Å². The van der Waals surface area contributed by atoms with E-state index >= 15 is 0 Å². The number of unbranched alkanes of at least 4 members (excludes halogenated alkanes) is 52. The second-order valence-corrected chi connectivity index (χ2v) is 26.1. The average molecular weight is 1190 g/mol. The Morgan fingerprint density at radius 2 is 0.459 bits per heavy atom. The summed E-state index contributed by atoms with van der Waals surface area (Å²) in [6.07, 6.45) is 73.3. The van der Waals surface area contributed by atoms with Crippen molar-refractivity contribution in [3.8, 4) is 23.0 Å². The Morgan fingerprint density at radius 1 is 0.247 bits per heavy atom. The minimum Gasteiger partial charge on any atom is -0.494 e. The van der Waals surface area contributed by atoms with Gasteiger partial charge in [-0.25, -0.2) is 0 Å². The Balaban J connectivity index is 2.03. The molecule has 0 N–H and O–H groups in total. The van der Waals surface area contributed by atoms with Crippen LogP contribution >= 0.6 is 0 Å². The van der Waals surface area contributed by atoms with Gasteiger partial charge in [-0.15, -0.1) is 0 Å². The van der Waals surface area contributed by atoms with Crippen molar-refractivity contribution >= 4 is 11.6 Å². The standard InChI is InChI=1S/C79H140O6/c1-5-9-13-17-21-25-29-33-37-41-45-49-53-57-65-82-74-63-61-72(62-64-74)75(80)71-76(81)73-69-77(83-66-58-54-50-46-42-38-34-30-26-22-18-14-10-6-2)79(85-68-60-56-52-48-44-40-36-32-28-24-20-16-12-8-4)78(70-73)84-67-59-55-51-47-43-39-35-31-27-23-19-15-11-7-3/h61-64,69-70H,5-60,65-68,71H2,1-4H3. The number of carbonyl (C=O) groups excluding carboxylic acids is 2. The molecule has 2 rings (SSSR count). The second kappa shape index (κ2) is 61.2. The highest BCUT2D eigenvalue weighted by Crippen LogP contribution is 2.40. The minimum atomic E-state index is -0.232. The summed E-state index contributed by atoms with van der Waals surface area (Å²) in [4.78, 5) is 28.0. The molecule has 0 aliphatic rings. The number of carbonyl (C=O) groups is 2. The van der Waals surface area contributed by atoms with Gasteiger partial charge in [0.25, 0.3) is 0 Å². The highest BCUT2D eigenvalue weighted by Gasteiger charge is 2.22. The maximum Gasteiger partial charge on any atom is 0.203 e. The van der Waals surface area contributed by atoms with Crippen molar-refractivity contribution in [1.82, 2.24) is 0 Å². The number of hydrogen-bond donors (Lipinski definition) is 0. The molecule has 0 spiro atoms. The van der Waals surface area contributed by atoms with E-state index in [4.69, 9.17) is 18.9 Å². The molecule has 6 nitrogen and oxygen atoms in total. The van der Waals surface area contributed by atoms with E-state index in [-0.39, 0.29) is 18.0 Å². The lowest BCUT2D eigenvalue weighted by molar-refractivity contribution is 0.0893. The van der Waals surface area contributed by atoms with E-state index in [1.165, 1.54) is 315 Å². The molecule has 0 unspecified atom stereocenters. The van der Waals surface area contributed by atoms with Gasteiger partial charge in [0, 0.05) is 11.1 Å². The lowest BCUT2D eigenvalue weighted by Gasteiger charge is -2.19. The molecular weight excluding hydrogens is 1040 g/mol. The van der Waals surface area contributed by atoms with Crippen molar-refractivity contribution in [2.75, 3.05) is 26.4 Å². The largest absolute Gasteiger partial charge is 0.494 e. The van der Waals surface area contributed by atoms with Crippen LogP contribution in [0.5, 0.6) is 23.0 Å². The quantitative estimate of drug-likeness (QED) is 0.0373. The number of rotatable bonds is 68. The molecule has 85 heavy (non-hydrogen) atoms. The summed E-state index contributed by atoms with van der Waals surface area (Å²) in [6, 6.07) is 11.0. The first kappa shape index (κ1) is 78.1. The van der Waals surface area contributed by atoms with E-state index < -0.39 is 0 Å². The van der Waals surface area contributed by atoms with Gasteiger partial charge in [-0.1, -0.05) is 362 Å². The first-order valence-corrected chi connectivity index (χ1v) is 37.9. The summed E-state index contributed by atoms with van der Waals surface area (Å²) in [6.45, 7) is 11.5. The number of hydrogen-bond acceptors (Lipinski definition) is 6. The van der Waals surface area contributed by atoms with Crippen LogP contribution in [0.15, 0.2) is 36.4 Å². The topological polar surface area (TPSA) is 71.1 Å². The molecule has 0 aliphatic carbocycles. The van der Waals surface area contributed by atoms with Crippen molar-refractivity contribution in [3.05, 3.63) is 47.5 Å². The summed E-state index contributed by atoms with van der Waals surface area (Å²) in [5.41, 5.74) is 0.964. The third kappa shape index (κ3) is 47.6. The van der Waals surface area contributed by atoms with Crippen LogP contribution in [0.4, 0.5) is 0 Å². The van der Waals surface area contributed by atoms with E-state index in [1.54, 1.807) is 12.1 Å². The molecule has 6 heteroatoms. The Morgan fingerprint density at radius 3 is 0.718 bits per heavy atom. The van der Waals surface area contributed by atoms with E-state index in [0.29, 0.717) is 54.8 Å². The van der Waals surface area contributed by atoms with Gasteiger partial charge < -0.3 is 18.9 Å². The van der Waals surface area contributed by atoms with E-state index in [2.05, 4.69) is 27.7 Å². The Hall–Kier alpha value is -3.02. The summed E-state index contributed by atoms with van der Waals surface area (Å²) in [5, 5.41) is 0. The Kier molecular flexibility index (Phi) is 56.2. The lowest BCUT2D eigenvalue weighted by atomic mass is 10.0. The van der Waals surface area contributed by atoms with Crippen LogP contribution in [0.2, 0.25) is 0 Å². The van der Waals surface area contributed by atoms with E-state index in [9.17, 15) is 9.59 Å². The van der Waals surface area contributed by atoms with Gasteiger partial charge in [0.2, 0.25) is 5.75 Å². The normalized spacial score (nSPS) is 11.4. The minimum absolute atomic E-state index is 0.198. The van der Waals surface area contributed by atoms with Crippen LogP contribution < -0.4 is 18.9 Å². The molecule has 0 heterocycles. The molecule has 2 aromatic rings. The highest BCUT2D eigenvalue weighted by molar-refractivity contribution is 6.13. The fraction of sp³-hybridized carbons (Fsp3) is 0.823. The molecule has 0 bridgehead atoms. The first-order chi connectivity index (χ1) is 42.0. The summed E-state index contributed by atoms with van der Waals surface area (Å²) in [7, 11) is 0. The third-order valence-electron chi connectivity index (χ3n) is 17.9. The molecule has 0 aromatic heterocycles. The van der Waals surface area contributed by atoms with Crippen LogP contribution in [0.1, 0.15) is 414 Å². The zero-order chi connectivity index (χ0) is 60.8. The average Bonchev–Trinajstić information content (AvgIpc) is 3.71. The maximum atomic E-state index is 14.2. The summed E-state index contributed by atoms with van der Waals surface area (Å²) in [5.74, 6) is 2.08. The van der Waals surface area contributed by atoms with Crippen LogP contribution in [0, 0.1) is 0 Å². The fourth-order valence-electron chi connectivity index (χ4n) is 12.1. The maximum absolute atomic E-state index is 14.2. The van der Waals surface area contributed by atoms with Crippen molar-refractivity contribution < 1.29 is 28.5 Å². The Labute approximate surface area is 528 Å². The monoisotopic (exact) mass is 1190 g/mol. The first-order valence-electron chi connectivity index (χ1n) is 37.9. The lowest BCUT2D eigenvalue weighted by Crippen LogP contribution is -2.11. The number of Topliss-reactive ketones (excluding diaryl/α,β-unsaturated/α-hetero) is 2. The molecule has 0 atom stereocenters. The van der Waals surface area contributed by atoms with Gasteiger partial charge in [-0.2, -0.15) is 0 Å². The van der Waals surface area contributed by atoms with Crippen molar-refractivity contribution in [2.45, 2.75) is 394 Å². The van der Waals surface area contributed by atoms with Gasteiger partial charge >= 0.3 is 0 Å². The van der Waals surface area contributed by atoms with Crippen molar-refractivity contribution in [1.29, 1.82) is 0 Å². The zero-order valence-corrected chi connectivity index (χ0v) is 57.0. The predicted molar refractivity (Wildman–Crippen MR) is 369 cm³/mol. The molecule has 0 aliphatic heterocycles. The van der Waals surface area contributed by atoms with Crippen LogP contribution in [-0.4, -0.2) is 38.0 Å². The molecular formula is C79H140O6. The van der Waals surface area contributed by atoms with Crippen LogP contribution in [-0.2, 0) is 0 Å². The van der Waals surface area contributed by atoms with E-state index in [0.717, 1.165) is 50.7 Å². The number of ether oxygens (including phenoxy) is 4. The van der Waals surface area contributed by atoms with Crippen molar-refractivity contribution in [2.24, 2.45) is 0 Å². The third-order valence-corrected chi connectivity index (χ3v) is 17.9. The summed E-state index contributed by atoms with van der Waals surface area (Å²) >= 11 is 0. The molecule has 0 radical (unpaired) electrons. The molecule has 2 aromatic carbocycles. The number of benzene rings is 2.